The Morgan fingerprint density at radius 3 is 2.61 bits per heavy atom. The minimum atomic E-state index is -0.229. The van der Waals surface area contributed by atoms with E-state index in [1.54, 1.807) is 35.3 Å². The van der Waals surface area contributed by atoms with E-state index in [0.717, 1.165) is 5.56 Å². The third-order valence-electron chi connectivity index (χ3n) is 2.30. The van der Waals surface area contributed by atoms with E-state index in [2.05, 4.69) is 10.4 Å². The van der Waals surface area contributed by atoms with Crippen LogP contribution in [0.3, 0.4) is 0 Å². The molecule has 6 heteroatoms. The average molecular weight is 284 g/mol. The highest BCUT2D eigenvalue weighted by Crippen LogP contribution is 2.29. The molecule has 0 spiro atoms. The van der Waals surface area contributed by atoms with Gasteiger partial charge in [-0.3, -0.25) is 9.48 Å². The van der Waals surface area contributed by atoms with Crippen molar-refractivity contribution in [1.82, 2.24) is 9.78 Å². The molecule has 0 atom stereocenters. The molecular formula is C12H11Cl2N3O. The smallest absolute Gasteiger partial charge is 0.246 e. The van der Waals surface area contributed by atoms with Crippen LogP contribution in [0.4, 0.5) is 5.69 Å². The summed E-state index contributed by atoms with van der Waals surface area (Å²) in [5.41, 5.74) is 1.42. The molecule has 1 aromatic heterocycles. The zero-order valence-corrected chi connectivity index (χ0v) is 11.2. The second-order valence-electron chi connectivity index (χ2n) is 3.86. The molecule has 94 valence electrons. The number of aryl methyl sites for hydroxylation is 1. The fourth-order valence-corrected chi connectivity index (χ4v) is 1.99. The van der Waals surface area contributed by atoms with Crippen LogP contribution in [-0.2, 0) is 11.3 Å². The molecule has 0 radical (unpaired) electrons. The second kappa shape index (κ2) is 5.42. The van der Waals surface area contributed by atoms with Gasteiger partial charge in [-0.25, -0.2) is 0 Å². The zero-order valence-electron chi connectivity index (χ0n) is 9.65. The van der Waals surface area contributed by atoms with Crippen molar-refractivity contribution in [2.75, 3.05) is 5.32 Å². The maximum atomic E-state index is 11.8. The van der Waals surface area contributed by atoms with Crippen LogP contribution in [0.25, 0.3) is 0 Å². The van der Waals surface area contributed by atoms with Crippen molar-refractivity contribution in [2.24, 2.45) is 0 Å². The minimum Gasteiger partial charge on any atom is -0.322 e. The van der Waals surface area contributed by atoms with Crippen molar-refractivity contribution >= 4 is 34.8 Å². The standard InChI is InChI=1S/C12H11Cl2N3O/c1-8-5-15-17(6-8)7-11(18)16-12-9(13)3-2-4-10(12)14/h2-6H,7H2,1H3,(H,16,18). The lowest BCUT2D eigenvalue weighted by Crippen LogP contribution is -2.19. The summed E-state index contributed by atoms with van der Waals surface area (Å²) in [4.78, 5) is 11.8. The van der Waals surface area contributed by atoms with Gasteiger partial charge in [-0.15, -0.1) is 0 Å². The number of hydrogen-bond donors (Lipinski definition) is 1. The van der Waals surface area contributed by atoms with E-state index in [0.29, 0.717) is 15.7 Å². The maximum absolute atomic E-state index is 11.8. The first-order valence-corrected chi connectivity index (χ1v) is 6.05. The number of amides is 1. The Morgan fingerprint density at radius 1 is 1.39 bits per heavy atom. The number of carbonyl (C=O) groups excluding carboxylic acids is 1. The molecule has 0 fully saturated rings. The summed E-state index contributed by atoms with van der Waals surface area (Å²) in [5, 5.41) is 7.52. The van der Waals surface area contributed by atoms with Crippen molar-refractivity contribution < 1.29 is 4.79 Å². The summed E-state index contributed by atoms with van der Waals surface area (Å²) in [6.07, 6.45) is 3.48. The van der Waals surface area contributed by atoms with Gasteiger partial charge < -0.3 is 5.32 Å². The van der Waals surface area contributed by atoms with Crippen molar-refractivity contribution in [3.05, 3.63) is 46.2 Å². The lowest BCUT2D eigenvalue weighted by Gasteiger charge is -2.08. The number of nitrogens with one attached hydrogen (secondary N) is 1. The molecule has 2 aromatic rings. The fraction of sp³-hybridized carbons (Fsp3) is 0.167. The van der Waals surface area contributed by atoms with Crippen molar-refractivity contribution in [1.29, 1.82) is 0 Å². The van der Waals surface area contributed by atoms with E-state index in [9.17, 15) is 4.79 Å². The molecule has 1 amide bonds. The van der Waals surface area contributed by atoms with E-state index < -0.39 is 0 Å². The van der Waals surface area contributed by atoms with E-state index in [-0.39, 0.29) is 12.5 Å². The van der Waals surface area contributed by atoms with Gasteiger partial charge in [0.1, 0.15) is 6.54 Å². The predicted molar refractivity (Wildman–Crippen MR) is 72.1 cm³/mol. The third kappa shape index (κ3) is 3.03. The topological polar surface area (TPSA) is 46.9 Å². The van der Waals surface area contributed by atoms with Crippen LogP contribution in [0, 0.1) is 6.92 Å². The van der Waals surface area contributed by atoms with Gasteiger partial charge in [0.2, 0.25) is 5.91 Å². The van der Waals surface area contributed by atoms with Crippen molar-refractivity contribution in [3.8, 4) is 0 Å². The maximum Gasteiger partial charge on any atom is 0.246 e. The van der Waals surface area contributed by atoms with Crippen LogP contribution in [0.2, 0.25) is 10.0 Å². The van der Waals surface area contributed by atoms with Gasteiger partial charge in [-0.2, -0.15) is 5.10 Å². The number of benzene rings is 1. The molecule has 0 aliphatic heterocycles. The quantitative estimate of drug-likeness (QED) is 0.941. The highest BCUT2D eigenvalue weighted by atomic mass is 35.5. The van der Waals surface area contributed by atoms with Gasteiger partial charge in [0.15, 0.2) is 0 Å². The molecule has 4 nitrogen and oxygen atoms in total. The lowest BCUT2D eigenvalue weighted by atomic mass is 10.3. The van der Waals surface area contributed by atoms with Crippen LogP contribution < -0.4 is 5.32 Å². The SMILES string of the molecule is Cc1cnn(CC(=O)Nc2c(Cl)cccc2Cl)c1. The Kier molecular flexibility index (Phi) is 3.89. The molecule has 1 aromatic carbocycles. The van der Waals surface area contributed by atoms with Crippen molar-refractivity contribution in [3.63, 3.8) is 0 Å². The Labute approximate surface area is 115 Å². The molecular weight excluding hydrogens is 273 g/mol. The van der Waals surface area contributed by atoms with Crippen LogP contribution in [0.1, 0.15) is 5.56 Å². The van der Waals surface area contributed by atoms with Gasteiger partial charge in [-0.1, -0.05) is 29.3 Å². The fourth-order valence-electron chi connectivity index (χ4n) is 1.50. The number of rotatable bonds is 3. The van der Waals surface area contributed by atoms with Gasteiger partial charge in [0, 0.05) is 6.20 Å². The van der Waals surface area contributed by atoms with Crippen LogP contribution in [-0.4, -0.2) is 15.7 Å². The van der Waals surface area contributed by atoms with Gasteiger partial charge in [-0.05, 0) is 24.6 Å². The number of aromatic nitrogens is 2. The van der Waals surface area contributed by atoms with E-state index in [1.165, 1.54) is 0 Å². The molecule has 1 N–H and O–H groups in total. The summed E-state index contributed by atoms with van der Waals surface area (Å²) in [6, 6.07) is 5.05. The molecule has 0 aliphatic rings. The molecule has 2 rings (SSSR count). The Balaban J connectivity index is 2.08. The van der Waals surface area contributed by atoms with Crippen molar-refractivity contribution in [2.45, 2.75) is 13.5 Å². The zero-order chi connectivity index (χ0) is 13.1. The number of anilines is 1. The summed E-state index contributed by atoms with van der Waals surface area (Å²) in [7, 11) is 0. The monoisotopic (exact) mass is 283 g/mol. The van der Waals surface area contributed by atoms with E-state index in [1.807, 2.05) is 6.92 Å². The minimum absolute atomic E-state index is 0.120. The Morgan fingerprint density at radius 2 is 2.06 bits per heavy atom. The highest BCUT2D eigenvalue weighted by Gasteiger charge is 2.10. The van der Waals surface area contributed by atoms with E-state index in [4.69, 9.17) is 23.2 Å². The predicted octanol–water partition coefficient (Wildman–Crippen LogP) is 3.14. The van der Waals surface area contributed by atoms with Crippen LogP contribution in [0.5, 0.6) is 0 Å². The molecule has 18 heavy (non-hydrogen) atoms. The van der Waals surface area contributed by atoms with E-state index >= 15 is 0 Å². The van der Waals surface area contributed by atoms with Gasteiger partial charge in [0.25, 0.3) is 0 Å². The molecule has 0 saturated heterocycles. The molecule has 0 aliphatic carbocycles. The molecule has 0 unspecified atom stereocenters. The molecule has 0 bridgehead atoms. The number of nitrogens with zero attached hydrogens (tertiary/aromatic N) is 2. The first-order chi connectivity index (χ1) is 8.56. The summed E-state index contributed by atoms with van der Waals surface area (Å²) < 4.78 is 1.55. The second-order valence-corrected chi connectivity index (χ2v) is 4.67. The Bertz CT molecular complexity index is 560. The first kappa shape index (κ1) is 12.9. The summed E-state index contributed by atoms with van der Waals surface area (Å²) in [6.45, 7) is 2.03. The number of halogens is 2. The first-order valence-electron chi connectivity index (χ1n) is 5.29. The molecule has 1 heterocycles. The summed E-state index contributed by atoms with van der Waals surface area (Å²) in [5.74, 6) is -0.229. The normalized spacial score (nSPS) is 10.4. The lowest BCUT2D eigenvalue weighted by molar-refractivity contribution is -0.116. The van der Waals surface area contributed by atoms with Gasteiger partial charge >= 0.3 is 0 Å². The number of para-hydroxylation sites is 1. The number of carbonyl (C=O) groups is 1. The Hall–Kier alpha value is -1.52. The summed E-state index contributed by atoms with van der Waals surface area (Å²) >= 11 is 11.9. The highest BCUT2D eigenvalue weighted by molar-refractivity contribution is 6.39. The van der Waals surface area contributed by atoms with Gasteiger partial charge in [0.05, 0.1) is 21.9 Å². The molecule has 0 saturated carbocycles. The largest absolute Gasteiger partial charge is 0.322 e. The third-order valence-corrected chi connectivity index (χ3v) is 2.93. The van der Waals surface area contributed by atoms with Crippen LogP contribution in [0.15, 0.2) is 30.6 Å². The van der Waals surface area contributed by atoms with Crippen LogP contribution >= 0.6 is 23.2 Å². The average Bonchev–Trinajstić information content (AvgIpc) is 2.69. The number of hydrogen-bond acceptors (Lipinski definition) is 2.